The molecule has 9 heavy (non-hydrogen) atoms. The summed E-state index contributed by atoms with van der Waals surface area (Å²) in [5, 5.41) is 3.10. The summed E-state index contributed by atoms with van der Waals surface area (Å²) >= 11 is 0. The van der Waals surface area contributed by atoms with E-state index in [9.17, 15) is 0 Å². The first-order valence-electron chi connectivity index (χ1n) is 3.34. The number of hydrogen-bond donors (Lipinski definition) is 3. The van der Waals surface area contributed by atoms with Gasteiger partial charge in [0, 0.05) is 0 Å². The molecule has 3 nitrogen and oxygen atoms in total. The lowest BCUT2D eigenvalue weighted by Crippen LogP contribution is -2.17. The van der Waals surface area contributed by atoms with E-state index in [1.165, 1.54) is 0 Å². The number of rotatable bonds is 5. The third kappa shape index (κ3) is 8.10. The summed E-state index contributed by atoms with van der Waals surface area (Å²) in [6.45, 7) is 3.90. The minimum atomic E-state index is -2.25. The van der Waals surface area contributed by atoms with E-state index in [1.54, 1.807) is 0 Å². The predicted molar refractivity (Wildman–Crippen MR) is 39.6 cm³/mol. The third-order valence-electron chi connectivity index (χ3n) is 1.07. The van der Waals surface area contributed by atoms with Crippen LogP contribution in [0.4, 0.5) is 0 Å². The molecule has 0 aromatic heterocycles. The van der Waals surface area contributed by atoms with Gasteiger partial charge in [0.25, 0.3) is 0 Å². The fourth-order valence-electron chi connectivity index (χ4n) is 0.586. The summed E-state index contributed by atoms with van der Waals surface area (Å²) in [6, 6.07) is 0.604. The van der Waals surface area contributed by atoms with Crippen molar-refractivity contribution in [2.75, 3.05) is 13.1 Å². The second-order valence-corrected chi connectivity index (χ2v) is 3.51. The maximum absolute atomic E-state index is 8.52. The Balaban J connectivity index is 2.75. The highest BCUT2D eigenvalue weighted by Crippen LogP contribution is 1.88. The number of nitrogens with one attached hydrogen (secondary N) is 1. The molecule has 0 unspecified atom stereocenters. The molecule has 0 saturated carbocycles. The minimum absolute atomic E-state index is 0.604. The zero-order chi connectivity index (χ0) is 7.11. The highest BCUT2D eigenvalue weighted by atomic mass is 28.3. The molecule has 56 valence electrons. The highest BCUT2D eigenvalue weighted by molar-refractivity contribution is 6.40. The van der Waals surface area contributed by atoms with Crippen LogP contribution in [0.15, 0.2) is 0 Å². The van der Waals surface area contributed by atoms with Crippen molar-refractivity contribution in [1.82, 2.24) is 5.32 Å². The monoisotopic (exact) mass is 149 g/mol. The van der Waals surface area contributed by atoms with Crippen LogP contribution in [0, 0.1) is 0 Å². The van der Waals surface area contributed by atoms with Gasteiger partial charge in [-0.15, -0.1) is 0 Å². The summed E-state index contributed by atoms with van der Waals surface area (Å²) in [4.78, 5) is 17.0. The molecule has 0 spiro atoms. The van der Waals surface area contributed by atoms with E-state index in [2.05, 4.69) is 5.32 Å². The van der Waals surface area contributed by atoms with Gasteiger partial charge in [0.15, 0.2) is 0 Å². The second-order valence-electron chi connectivity index (χ2n) is 1.98. The first-order chi connectivity index (χ1) is 4.27. The van der Waals surface area contributed by atoms with Crippen molar-refractivity contribution in [1.29, 1.82) is 0 Å². The van der Waals surface area contributed by atoms with Crippen molar-refractivity contribution in [2.45, 2.75) is 19.4 Å². The van der Waals surface area contributed by atoms with Gasteiger partial charge < -0.3 is 14.9 Å². The van der Waals surface area contributed by atoms with Crippen molar-refractivity contribution >= 4 is 9.28 Å². The SMILES string of the molecule is CCNCCC[SiH](O)O. The zero-order valence-electron chi connectivity index (χ0n) is 5.80. The van der Waals surface area contributed by atoms with E-state index < -0.39 is 9.28 Å². The molecule has 0 radical (unpaired) electrons. The normalized spacial score (nSPS) is 10.7. The van der Waals surface area contributed by atoms with Gasteiger partial charge in [0.1, 0.15) is 0 Å². The van der Waals surface area contributed by atoms with E-state index in [0.717, 1.165) is 19.5 Å². The molecule has 0 heterocycles. The zero-order valence-corrected chi connectivity index (χ0v) is 6.95. The van der Waals surface area contributed by atoms with Gasteiger partial charge in [-0.05, 0) is 25.6 Å². The molecule has 0 rings (SSSR count). The molecule has 0 aromatic carbocycles. The minimum Gasteiger partial charge on any atom is -0.413 e. The van der Waals surface area contributed by atoms with Crippen molar-refractivity contribution in [3.63, 3.8) is 0 Å². The van der Waals surface area contributed by atoms with E-state index in [-0.39, 0.29) is 0 Å². The molecule has 0 bridgehead atoms. The maximum atomic E-state index is 8.52. The molecule has 0 fully saturated rings. The maximum Gasteiger partial charge on any atom is 0.316 e. The summed E-state index contributed by atoms with van der Waals surface area (Å²) in [7, 11) is -2.25. The van der Waals surface area contributed by atoms with Crippen LogP contribution in [-0.2, 0) is 0 Å². The fourth-order valence-corrected chi connectivity index (χ4v) is 1.16. The van der Waals surface area contributed by atoms with E-state index >= 15 is 0 Å². The molecule has 0 atom stereocenters. The Morgan fingerprint density at radius 2 is 2.11 bits per heavy atom. The van der Waals surface area contributed by atoms with Crippen LogP contribution in [0.5, 0.6) is 0 Å². The molecule has 3 N–H and O–H groups in total. The lowest BCUT2D eigenvalue weighted by Gasteiger charge is -2.00. The largest absolute Gasteiger partial charge is 0.413 e. The molecule has 0 amide bonds. The van der Waals surface area contributed by atoms with Crippen molar-refractivity contribution in [3.05, 3.63) is 0 Å². The first-order valence-corrected chi connectivity index (χ1v) is 5.19. The Bertz CT molecular complexity index is 60.9. The first kappa shape index (κ1) is 9.10. The van der Waals surface area contributed by atoms with Gasteiger partial charge in [-0.2, -0.15) is 0 Å². The Kier molecular flexibility index (Phi) is 6.29. The molecule has 0 aromatic rings. The summed E-state index contributed by atoms with van der Waals surface area (Å²) in [5.74, 6) is 0. The molecular formula is C5H15NO2Si. The van der Waals surface area contributed by atoms with Crippen LogP contribution in [0.2, 0.25) is 6.04 Å². The van der Waals surface area contributed by atoms with Crippen LogP contribution in [0.25, 0.3) is 0 Å². The highest BCUT2D eigenvalue weighted by Gasteiger charge is 1.98. The molecule has 4 heteroatoms. The van der Waals surface area contributed by atoms with Crippen LogP contribution in [0.1, 0.15) is 13.3 Å². The van der Waals surface area contributed by atoms with Crippen molar-refractivity contribution < 1.29 is 9.59 Å². The summed E-state index contributed by atoms with van der Waals surface area (Å²) < 4.78 is 0. The average molecular weight is 149 g/mol. The Morgan fingerprint density at radius 1 is 1.44 bits per heavy atom. The van der Waals surface area contributed by atoms with E-state index in [1.807, 2.05) is 6.92 Å². The molecule has 0 aliphatic rings. The van der Waals surface area contributed by atoms with Crippen molar-refractivity contribution in [3.8, 4) is 0 Å². The van der Waals surface area contributed by atoms with Gasteiger partial charge >= 0.3 is 9.28 Å². The Hall–Kier alpha value is 0.0969. The van der Waals surface area contributed by atoms with Crippen LogP contribution in [0.3, 0.4) is 0 Å². The quantitative estimate of drug-likeness (QED) is 0.354. The molecular weight excluding hydrogens is 134 g/mol. The van der Waals surface area contributed by atoms with Crippen LogP contribution in [-0.4, -0.2) is 32.0 Å². The Labute approximate surface area is 57.6 Å². The fraction of sp³-hybridized carbons (Fsp3) is 1.00. The average Bonchev–Trinajstić information content (AvgIpc) is 1.80. The summed E-state index contributed by atoms with van der Waals surface area (Å²) in [5.41, 5.74) is 0. The van der Waals surface area contributed by atoms with Crippen LogP contribution < -0.4 is 5.32 Å². The summed E-state index contributed by atoms with van der Waals surface area (Å²) in [6.07, 6.45) is 0.887. The van der Waals surface area contributed by atoms with Gasteiger partial charge in [-0.25, -0.2) is 0 Å². The van der Waals surface area contributed by atoms with Crippen LogP contribution >= 0.6 is 0 Å². The Morgan fingerprint density at radius 3 is 2.56 bits per heavy atom. The second kappa shape index (κ2) is 6.22. The predicted octanol–water partition coefficient (Wildman–Crippen LogP) is -0.809. The molecule has 0 aliphatic heterocycles. The topological polar surface area (TPSA) is 52.5 Å². The third-order valence-corrected chi connectivity index (χ3v) is 1.99. The lowest BCUT2D eigenvalue weighted by molar-refractivity contribution is 0.402. The standard InChI is InChI=1S/C5H15NO2Si/c1-2-6-4-3-5-9(7)8/h6-9H,2-5H2,1H3. The van der Waals surface area contributed by atoms with Gasteiger partial charge in [0.05, 0.1) is 0 Å². The van der Waals surface area contributed by atoms with Gasteiger partial charge in [-0.3, -0.25) is 0 Å². The molecule has 0 aliphatic carbocycles. The van der Waals surface area contributed by atoms with E-state index in [4.69, 9.17) is 9.59 Å². The van der Waals surface area contributed by atoms with Crippen molar-refractivity contribution in [2.24, 2.45) is 0 Å². The lowest BCUT2D eigenvalue weighted by atomic mass is 10.5. The van der Waals surface area contributed by atoms with E-state index in [0.29, 0.717) is 6.04 Å². The smallest absolute Gasteiger partial charge is 0.316 e. The molecule has 0 saturated heterocycles. The van der Waals surface area contributed by atoms with Gasteiger partial charge in [-0.1, -0.05) is 6.92 Å². The number of hydrogen-bond acceptors (Lipinski definition) is 3. The van der Waals surface area contributed by atoms with Gasteiger partial charge in [0.2, 0.25) is 0 Å².